The summed E-state index contributed by atoms with van der Waals surface area (Å²) in [5, 5.41) is 4.26. The molecule has 0 radical (unpaired) electrons. The van der Waals surface area contributed by atoms with Crippen molar-refractivity contribution >= 4 is 34.8 Å². The fourth-order valence-corrected chi connectivity index (χ4v) is 1.62. The molecule has 1 aromatic carbocycles. The van der Waals surface area contributed by atoms with Crippen LogP contribution in [-0.2, 0) is 0 Å². The SMILES string of the molecule is CNC(C)c1cc(Cl)ccc1OCC(Cl)=CCl. The highest BCUT2D eigenvalue weighted by Crippen LogP contribution is 2.28. The minimum absolute atomic E-state index is 0.141. The first-order chi connectivity index (χ1) is 8.08. The number of hydrogen-bond acceptors (Lipinski definition) is 2. The lowest BCUT2D eigenvalue weighted by Crippen LogP contribution is -2.14. The zero-order chi connectivity index (χ0) is 12.8. The molecule has 0 saturated carbocycles. The second-order valence-electron chi connectivity index (χ2n) is 3.54. The van der Waals surface area contributed by atoms with Gasteiger partial charge in [-0.2, -0.15) is 0 Å². The van der Waals surface area contributed by atoms with Crippen LogP contribution >= 0.6 is 34.8 Å². The van der Waals surface area contributed by atoms with Gasteiger partial charge in [-0.25, -0.2) is 0 Å². The number of hydrogen-bond donors (Lipinski definition) is 1. The Bertz CT molecular complexity index is 407. The number of nitrogens with one attached hydrogen (secondary N) is 1. The summed E-state index contributed by atoms with van der Waals surface area (Å²) in [5.41, 5.74) is 2.28. The molecule has 5 heteroatoms. The van der Waals surface area contributed by atoms with E-state index >= 15 is 0 Å². The van der Waals surface area contributed by atoms with Crippen molar-refractivity contribution in [3.05, 3.63) is 39.4 Å². The third-order valence-corrected chi connectivity index (χ3v) is 3.18. The van der Waals surface area contributed by atoms with Crippen molar-refractivity contribution in [2.24, 2.45) is 0 Å². The molecule has 0 aliphatic heterocycles. The average molecular weight is 295 g/mol. The third-order valence-electron chi connectivity index (χ3n) is 2.36. The van der Waals surface area contributed by atoms with Crippen LogP contribution in [0.15, 0.2) is 28.8 Å². The Labute approximate surface area is 117 Å². The molecule has 1 aromatic rings. The van der Waals surface area contributed by atoms with Gasteiger partial charge < -0.3 is 10.1 Å². The third kappa shape index (κ3) is 4.40. The Morgan fingerprint density at radius 2 is 2.24 bits per heavy atom. The number of rotatable bonds is 5. The highest BCUT2D eigenvalue weighted by atomic mass is 35.5. The lowest BCUT2D eigenvalue weighted by molar-refractivity contribution is 0.351. The quantitative estimate of drug-likeness (QED) is 0.873. The van der Waals surface area contributed by atoms with E-state index in [1.54, 1.807) is 6.07 Å². The van der Waals surface area contributed by atoms with E-state index in [0.29, 0.717) is 10.1 Å². The molecule has 17 heavy (non-hydrogen) atoms. The second kappa shape index (κ2) is 7.12. The van der Waals surface area contributed by atoms with E-state index in [9.17, 15) is 0 Å². The average Bonchev–Trinajstić information content (AvgIpc) is 2.35. The molecule has 2 nitrogen and oxygen atoms in total. The molecular weight excluding hydrogens is 280 g/mol. The van der Waals surface area contributed by atoms with Gasteiger partial charge in [0.2, 0.25) is 0 Å². The van der Waals surface area contributed by atoms with Gasteiger partial charge >= 0.3 is 0 Å². The molecule has 0 amide bonds. The van der Waals surface area contributed by atoms with Crippen LogP contribution in [0.2, 0.25) is 5.02 Å². The first kappa shape index (κ1) is 14.7. The maximum atomic E-state index is 5.97. The molecule has 0 spiro atoms. The Kier molecular flexibility index (Phi) is 6.14. The summed E-state index contributed by atoms with van der Waals surface area (Å²) >= 11 is 17.2. The summed E-state index contributed by atoms with van der Waals surface area (Å²) in [4.78, 5) is 0. The number of benzene rings is 1. The van der Waals surface area contributed by atoms with Gasteiger partial charge in [-0.15, -0.1) is 0 Å². The summed E-state index contributed by atoms with van der Waals surface area (Å²) < 4.78 is 5.58. The van der Waals surface area contributed by atoms with Gasteiger partial charge in [0.15, 0.2) is 0 Å². The zero-order valence-corrected chi connectivity index (χ0v) is 11.9. The van der Waals surface area contributed by atoms with Crippen LogP contribution in [0.4, 0.5) is 0 Å². The van der Waals surface area contributed by atoms with Crippen LogP contribution in [-0.4, -0.2) is 13.7 Å². The predicted octanol–water partition coefficient (Wildman–Crippen LogP) is 4.32. The lowest BCUT2D eigenvalue weighted by atomic mass is 10.1. The van der Waals surface area contributed by atoms with Gasteiger partial charge in [0, 0.05) is 22.2 Å². The smallest absolute Gasteiger partial charge is 0.125 e. The first-order valence-electron chi connectivity index (χ1n) is 5.12. The molecule has 1 unspecified atom stereocenters. The van der Waals surface area contributed by atoms with Crippen molar-refractivity contribution in [1.29, 1.82) is 0 Å². The molecule has 0 bridgehead atoms. The van der Waals surface area contributed by atoms with Gasteiger partial charge in [0.05, 0.1) is 5.03 Å². The Hall–Kier alpha value is -0.410. The van der Waals surface area contributed by atoms with Gasteiger partial charge in [0.1, 0.15) is 12.4 Å². The molecule has 1 rings (SSSR count). The maximum absolute atomic E-state index is 5.97. The molecule has 1 atom stereocenters. The van der Waals surface area contributed by atoms with Crippen LogP contribution < -0.4 is 10.1 Å². The molecule has 0 aromatic heterocycles. The van der Waals surface area contributed by atoms with E-state index in [1.807, 2.05) is 26.1 Å². The molecule has 1 N–H and O–H groups in total. The highest BCUT2D eigenvalue weighted by molar-refractivity contribution is 6.36. The molecule has 0 saturated heterocycles. The van der Waals surface area contributed by atoms with Crippen LogP contribution in [0, 0.1) is 0 Å². The fraction of sp³-hybridized carbons (Fsp3) is 0.333. The van der Waals surface area contributed by atoms with E-state index < -0.39 is 0 Å². The predicted molar refractivity (Wildman–Crippen MR) is 74.2 cm³/mol. The molecule has 0 aliphatic rings. The molecule has 0 aliphatic carbocycles. The largest absolute Gasteiger partial charge is 0.488 e. The summed E-state index contributed by atoms with van der Waals surface area (Å²) in [7, 11) is 1.88. The summed E-state index contributed by atoms with van der Waals surface area (Å²) in [6, 6.07) is 5.61. The fourth-order valence-electron chi connectivity index (χ4n) is 1.32. The second-order valence-corrected chi connectivity index (χ2v) is 4.68. The molecular formula is C12H14Cl3NO. The van der Waals surface area contributed by atoms with Gasteiger partial charge in [-0.05, 0) is 32.2 Å². The Morgan fingerprint density at radius 3 is 2.82 bits per heavy atom. The van der Waals surface area contributed by atoms with Crippen LogP contribution in [0.3, 0.4) is 0 Å². The lowest BCUT2D eigenvalue weighted by Gasteiger charge is -2.16. The summed E-state index contributed by atoms with van der Waals surface area (Å²) in [6.07, 6.45) is 0. The highest BCUT2D eigenvalue weighted by Gasteiger charge is 2.11. The van der Waals surface area contributed by atoms with Crippen molar-refractivity contribution in [1.82, 2.24) is 5.32 Å². The van der Waals surface area contributed by atoms with Crippen LogP contribution in [0.5, 0.6) is 5.75 Å². The van der Waals surface area contributed by atoms with Crippen molar-refractivity contribution in [3.63, 3.8) is 0 Å². The van der Waals surface area contributed by atoms with E-state index in [2.05, 4.69) is 5.32 Å². The first-order valence-corrected chi connectivity index (χ1v) is 6.32. The number of ether oxygens (including phenoxy) is 1. The molecule has 0 heterocycles. The Balaban J connectivity index is 2.90. The molecule has 0 fully saturated rings. The Morgan fingerprint density at radius 1 is 1.53 bits per heavy atom. The van der Waals surface area contributed by atoms with Crippen LogP contribution in [0.25, 0.3) is 0 Å². The van der Waals surface area contributed by atoms with Crippen LogP contribution in [0.1, 0.15) is 18.5 Å². The standard InChI is InChI=1S/C12H14Cl3NO/c1-8(16-2)11-5-9(14)3-4-12(11)17-7-10(15)6-13/h3-6,8,16H,7H2,1-2H3. The number of halogens is 3. The van der Waals surface area contributed by atoms with Gasteiger partial charge in [0.25, 0.3) is 0 Å². The van der Waals surface area contributed by atoms with E-state index in [-0.39, 0.29) is 12.6 Å². The van der Waals surface area contributed by atoms with Gasteiger partial charge in [-0.3, -0.25) is 0 Å². The van der Waals surface area contributed by atoms with E-state index in [4.69, 9.17) is 39.5 Å². The van der Waals surface area contributed by atoms with Crippen molar-refractivity contribution in [2.75, 3.05) is 13.7 Å². The van der Waals surface area contributed by atoms with Crippen molar-refractivity contribution in [2.45, 2.75) is 13.0 Å². The van der Waals surface area contributed by atoms with Crippen molar-refractivity contribution in [3.8, 4) is 5.75 Å². The topological polar surface area (TPSA) is 21.3 Å². The maximum Gasteiger partial charge on any atom is 0.125 e. The van der Waals surface area contributed by atoms with E-state index in [1.165, 1.54) is 5.54 Å². The normalized spacial score (nSPS) is 13.6. The zero-order valence-electron chi connectivity index (χ0n) is 9.64. The minimum atomic E-state index is 0.141. The summed E-state index contributed by atoms with van der Waals surface area (Å²) in [5.74, 6) is 0.743. The monoisotopic (exact) mass is 293 g/mol. The minimum Gasteiger partial charge on any atom is -0.488 e. The molecule has 94 valence electrons. The summed E-state index contributed by atoms with van der Waals surface area (Å²) in [6.45, 7) is 2.27. The van der Waals surface area contributed by atoms with E-state index in [0.717, 1.165) is 11.3 Å². The van der Waals surface area contributed by atoms with Gasteiger partial charge in [-0.1, -0.05) is 34.8 Å². The van der Waals surface area contributed by atoms with Crippen molar-refractivity contribution < 1.29 is 4.74 Å².